The molecule has 0 aromatic heterocycles. The van der Waals surface area contributed by atoms with Crippen LogP contribution in [0.4, 0.5) is 0 Å². The highest BCUT2D eigenvalue weighted by molar-refractivity contribution is 4.76. The lowest BCUT2D eigenvalue weighted by molar-refractivity contribution is 0.112. The van der Waals surface area contributed by atoms with Crippen molar-refractivity contribution in [1.29, 1.82) is 0 Å². The number of piperidine rings is 1. The van der Waals surface area contributed by atoms with Crippen molar-refractivity contribution in [2.75, 3.05) is 6.54 Å². The van der Waals surface area contributed by atoms with E-state index in [1.807, 2.05) is 0 Å². The lowest BCUT2D eigenvalue weighted by Crippen LogP contribution is -2.43. The van der Waals surface area contributed by atoms with E-state index in [0.717, 1.165) is 12.1 Å². The van der Waals surface area contributed by atoms with Gasteiger partial charge in [-0.15, -0.1) is 0 Å². The number of hydrogen-bond acceptors (Lipinski definition) is 1. The van der Waals surface area contributed by atoms with Crippen molar-refractivity contribution in [3.63, 3.8) is 0 Å². The topological polar surface area (TPSA) is 3.24 Å². The molecule has 1 saturated heterocycles. The zero-order valence-corrected chi connectivity index (χ0v) is 8.14. The second-order valence-electron chi connectivity index (χ2n) is 3.84. The van der Waals surface area contributed by atoms with E-state index in [1.54, 1.807) is 0 Å². The van der Waals surface area contributed by atoms with Gasteiger partial charge in [0.1, 0.15) is 0 Å². The Bertz CT molecular complexity index is 107. The van der Waals surface area contributed by atoms with Gasteiger partial charge in [0.2, 0.25) is 0 Å². The molecule has 0 bridgehead atoms. The SMILES string of the molecule is CCC(C)N1CCCCC1C. The zero-order valence-electron chi connectivity index (χ0n) is 8.14. The smallest absolute Gasteiger partial charge is 0.00697 e. The Morgan fingerprint density at radius 1 is 1.45 bits per heavy atom. The summed E-state index contributed by atoms with van der Waals surface area (Å²) < 4.78 is 0. The predicted octanol–water partition coefficient (Wildman–Crippen LogP) is 2.66. The molecule has 11 heavy (non-hydrogen) atoms. The molecule has 0 radical (unpaired) electrons. The Morgan fingerprint density at radius 3 is 2.73 bits per heavy atom. The van der Waals surface area contributed by atoms with Crippen molar-refractivity contribution in [3.05, 3.63) is 0 Å². The van der Waals surface area contributed by atoms with Crippen LogP contribution in [0.2, 0.25) is 0 Å². The van der Waals surface area contributed by atoms with Gasteiger partial charge in [-0.3, -0.25) is 4.90 Å². The first-order valence-corrected chi connectivity index (χ1v) is 5.01. The van der Waals surface area contributed by atoms with E-state index in [9.17, 15) is 0 Å². The Labute approximate surface area is 70.8 Å². The molecule has 2 atom stereocenters. The summed E-state index contributed by atoms with van der Waals surface area (Å²) in [5, 5.41) is 0. The van der Waals surface area contributed by atoms with E-state index in [0.29, 0.717) is 0 Å². The maximum Gasteiger partial charge on any atom is 0.00697 e. The normalized spacial score (nSPS) is 30.3. The summed E-state index contributed by atoms with van der Waals surface area (Å²) in [5.74, 6) is 0. The third-order valence-electron chi connectivity index (χ3n) is 3.01. The van der Waals surface area contributed by atoms with Crippen LogP contribution in [0, 0.1) is 0 Å². The number of rotatable bonds is 2. The minimum absolute atomic E-state index is 0.797. The molecule has 1 heterocycles. The summed E-state index contributed by atoms with van der Waals surface area (Å²) in [4.78, 5) is 2.66. The minimum atomic E-state index is 0.797. The second-order valence-corrected chi connectivity index (χ2v) is 3.84. The Morgan fingerprint density at radius 2 is 2.18 bits per heavy atom. The summed E-state index contributed by atoms with van der Waals surface area (Å²) in [6.45, 7) is 8.33. The molecular formula is C10H21N. The average molecular weight is 155 g/mol. The number of likely N-dealkylation sites (tertiary alicyclic amines) is 1. The third-order valence-corrected chi connectivity index (χ3v) is 3.01. The summed E-state index contributed by atoms with van der Waals surface area (Å²) in [6.07, 6.45) is 5.55. The molecule has 66 valence electrons. The van der Waals surface area contributed by atoms with Crippen molar-refractivity contribution in [2.24, 2.45) is 0 Å². The van der Waals surface area contributed by atoms with Crippen molar-refractivity contribution in [3.8, 4) is 0 Å². The first kappa shape index (κ1) is 9.05. The molecular weight excluding hydrogens is 134 g/mol. The third kappa shape index (κ3) is 2.19. The van der Waals surface area contributed by atoms with Crippen molar-refractivity contribution >= 4 is 0 Å². The standard InChI is InChI=1S/C10H21N/c1-4-9(2)11-8-6-5-7-10(11)3/h9-10H,4-8H2,1-3H3. The number of nitrogens with zero attached hydrogens (tertiary/aromatic N) is 1. The lowest BCUT2D eigenvalue weighted by atomic mass is 10.0. The summed E-state index contributed by atoms with van der Waals surface area (Å²) >= 11 is 0. The summed E-state index contributed by atoms with van der Waals surface area (Å²) in [7, 11) is 0. The van der Waals surface area contributed by atoms with Crippen LogP contribution in [0.25, 0.3) is 0 Å². The summed E-state index contributed by atoms with van der Waals surface area (Å²) in [6, 6.07) is 1.63. The minimum Gasteiger partial charge on any atom is -0.298 e. The van der Waals surface area contributed by atoms with E-state index in [2.05, 4.69) is 25.7 Å². The van der Waals surface area contributed by atoms with Gasteiger partial charge in [0.05, 0.1) is 0 Å². The Balaban J connectivity index is 2.40. The van der Waals surface area contributed by atoms with Gasteiger partial charge in [-0.25, -0.2) is 0 Å². The van der Waals surface area contributed by atoms with Gasteiger partial charge < -0.3 is 0 Å². The van der Waals surface area contributed by atoms with E-state index in [4.69, 9.17) is 0 Å². The van der Waals surface area contributed by atoms with E-state index in [1.165, 1.54) is 32.2 Å². The Hall–Kier alpha value is -0.0400. The molecule has 0 spiro atoms. The molecule has 1 aliphatic rings. The highest BCUT2D eigenvalue weighted by Gasteiger charge is 2.21. The van der Waals surface area contributed by atoms with Crippen LogP contribution < -0.4 is 0 Å². The molecule has 0 aromatic rings. The van der Waals surface area contributed by atoms with Crippen molar-refractivity contribution < 1.29 is 0 Å². The van der Waals surface area contributed by atoms with Gasteiger partial charge in [-0.2, -0.15) is 0 Å². The van der Waals surface area contributed by atoms with Gasteiger partial charge in [0, 0.05) is 12.1 Å². The predicted molar refractivity (Wildman–Crippen MR) is 49.8 cm³/mol. The molecule has 1 aliphatic heterocycles. The quantitative estimate of drug-likeness (QED) is 0.592. The second kappa shape index (κ2) is 4.10. The highest BCUT2D eigenvalue weighted by Crippen LogP contribution is 2.19. The Kier molecular flexibility index (Phi) is 3.38. The zero-order chi connectivity index (χ0) is 8.27. The molecule has 1 fully saturated rings. The number of hydrogen-bond donors (Lipinski definition) is 0. The monoisotopic (exact) mass is 155 g/mol. The molecule has 1 heteroatoms. The van der Waals surface area contributed by atoms with Crippen LogP contribution in [0.1, 0.15) is 46.5 Å². The molecule has 0 aliphatic carbocycles. The molecule has 0 N–H and O–H groups in total. The molecule has 1 nitrogen and oxygen atoms in total. The van der Waals surface area contributed by atoms with E-state index < -0.39 is 0 Å². The van der Waals surface area contributed by atoms with Crippen LogP contribution >= 0.6 is 0 Å². The average Bonchev–Trinajstić information content (AvgIpc) is 2.04. The van der Waals surface area contributed by atoms with Crippen LogP contribution in [0.5, 0.6) is 0 Å². The van der Waals surface area contributed by atoms with Gasteiger partial charge in [-0.05, 0) is 39.7 Å². The fourth-order valence-corrected chi connectivity index (χ4v) is 2.01. The van der Waals surface area contributed by atoms with Gasteiger partial charge in [-0.1, -0.05) is 13.3 Å². The van der Waals surface area contributed by atoms with E-state index in [-0.39, 0.29) is 0 Å². The molecule has 0 saturated carbocycles. The molecule has 0 aromatic carbocycles. The maximum atomic E-state index is 2.66. The molecule has 1 rings (SSSR count). The van der Waals surface area contributed by atoms with Gasteiger partial charge in [0.25, 0.3) is 0 Å². The lowest BCUT2D eigenvalue weighted by Gasteiger charge is -2.37. The largest absolute Gasteiger partial charge is 0.298 e. The van der Waals surface area contributed by atoms with Gasteiger partial charge in [0.15, 0.2) is 0 Å². The van der Waals surface area contributed by atoms with Crippen LogP contribution in [0.3, 0.4) is 0 Å². The van der Waals surface area contributed by atoms with E-state index >= 15 is 0 Å². The molecule has 0 amide bonds. The first-order valence-electron chi connectivity index (χ1n) is 5.01. The summed E-state index contributed by atoms with van der Waals surface area (Å²) in [5.41, 5.74) is 0. The maximum absolute atomic E-state index is 2.66. The highest BCUT2D eigenvalue weighted by atomic mass is 15.2. The fraction of sp³-hybridized carbons (Fsp3) is 1.00. The van der Waals surface area contributed by atoms with Gasteiger partial charge >= 0.3 is 0 Å². The van der Waals surface area contributed by atoms with Crippen LogP contribution in [-0.2, 0) is 0 Å². The van der Waals surface area contributed by atoms with Crippen LogP contribution in [-0.4, -0.2) is 23.5 Å². The first-order chi connectivity index (χ1) is 5.25. The van der Waals surface area contributed by atoms with Crippen molar-refractivity contribution in [1.82, 2.24) is 4.90 Å². The molecule has 2 unspecified atom stereocenters. The fourth-order valence-electron chi connectivity index (χ4n) is 2.01. The van der Waals surface area contributed by atoms with Crippen LogP contribution in [0.15, 0.2) is 0 Å². The van der Waals surface area contributed by atoms with Crippen molar-refractivity contribution in [2.45, 2.75) is 58.5 Å².